The first-order chi connectivity index (χ1) is 14.8. The summed E-state index contributed by atoms with van der Waals surface area (Å²) in [6, 6.07) is 2.11. The van der Waals surface area contributed by atoms with Gasteiger partial charge in [-0.1, -0.05) is 13.8 Å². The van der Waals surface area contributed by atoms with E-state index < -0.39 is 5.91 Å². The van der Waals surface area contributed by atoms with Crippen LogP contribution in [0.3, 0.4) is 0 Å². The zero-order chi connectivity index (χ0) is 21.9. The zero-order valence-corrected chi connectivity index (χ0v) is 19.3. The van der Waals surface area contributed by atoms with Crippen LogP contribution in [0.1, 0.15) is 68.4 Å². The van der Waals surface area contributed by atoms with Crippen LogP contribution in [0.5, 0.6) is 0 Å². The molecule has 2 aliphatic rings. The number of rotatable bonds is 3. The number of thiophene rings is 2. The third-order valence-electron chi connectivity index (χ3n) is 6.52. The lowest BCUT2D eigenvalue weighted by molar-refractivity contribution is 0.1000. The Labute approximate surface area is 189 Å². The van der Waals surface area contributed by atoms with Crippen LogP contribution in [0, 0.1) is 11.8 Å². The van der Waals surface area contributed by atoms with Crippen LogP contribution in [0.2, 0.25) is 0 Å². The third-order valence-corrected chi connectivity index (χ3v) is 8.81. The minimum Gasteiger partial charge on any atom is -0.397 e. The Kier molecular flexibility index (Phi) is 5.01. The standard InChI is InChI=1S/C23H26N4O2S2/c1-10-4-6-15-12(7-10)9-14-18(24)19(31-22(14)26-15)21(29)27-23-17(20(25)28)13-5-3-11(2)8-16(13)30-23/h9-11H,3-8,24H2,1-2H3,(H2,25,28)(H,27,29). The summed E-state index contributed by atoms with van der Waals surface area (Å²) in [5, 5.41) is 4.32. The highest BCUT2D eigenvalue weighted by atomic mass is 32.1. The average Bonchev–Trinajstić information content (AvgIpc) is 3.23. The van der Waals surface area contributed by atoms with Gasteiger partial charge in [0.2, 0.25) is 0 Å². The van der Waals surface area contributed by atoms with Gasteiger partial charge in [0, 0.05) is 16.0 Å². The van der Waals surface area contributed by atoms with Crippen LogP contribution >= 0.6 is 22.7 Å². The molecule has 2 amide bonds. The van der Waals surface area contributed by atoms with Gasteiger partial charge in [0.1, 0.15) is 14.7 Å². The summed E-state index contributed by atoms with van der Waals surface area (Å²) in [6.07, 6.45) is 5.85. The van der Waals surface area contributed by atoms with Crippen molar-refractivity contribution in [2.75, 3.05) is 11.1 Å². The van der Waals surface area contributed by atoms with Crippen molar-refractivity contribution in [2.24, 2.45) is 17.6 Å². The lowest BCUT2D eigenvalue weighted by Gasteiger charge is -2.20. The number of hydrogen-bond acceptors (Lipinski definition) is 6. The molecule has 0 fully saturated rings. The predicted molar refractivity (Wildman–Crippen MR) is 127 cm³/mol. The van der Waals surface area contributed by atoms with E-state index in [1.807, 2.05) is 0 Å². The monoisotopic (exact) mass is 454 g/mol. The van der Waals surface area contributed by atoms with E-state index in [9.17, 15) is 9.59 Å². The first-order valence-electron chi connectivity index (χ1n) is 10.8. The molecule has 0 aliphatic heterocycles. The molecule has 3 heterocycles. The molecule has 0 radical (unpaired) electrons. The maximum atomic E-state index is 13.2. The Bertz CT molecular complexity index is 1230. The molecule has 6 nitrogen and oxygen atoms in total. The molecule has 0 spiro atoms. The van der Waals surface area contributed by atoms with Gasteiger partial charge in [-0.15, -0.1) is 22.7 Å². The largest absolute Gasteiger partial charge is 0.397 e. The fourth-order valence-corrected chi connectivity index (χ4v) is 7.20. The minimum atomic E-state index is -0.491. The summed E-state index contributed by atoms with van der Waals surface area (Å²) in [6.45, 7) is 4.46. The second-order valence-corrected chi connectivity index (χ2v) is 11.1. The van der Waals surface area contributed by atoms with Crippen molar-refractivity contribution in [3.63, 3.8) is 0 Å². The third kappa shape index (κ3) is 3.51. The van der Waals surface area contributed by atoms with Gasteiger partial charge in [0.15, 0.2) is 0 Å². The van der Waals surface area contributed by atoms with Gasteiger partial charge in [-0.05, 0) is 67.6 Å². The van der Waals surface area contributed by atoms with Crippen LogP contribution in [0.15, 0.2) is 6.07 Å². The van der Waals surface area contributed by atoms with Gasteiger partial charge < -0.3 is 16.8 Å². The second kappa shape index (κ2) is 7.60. The number of primary amides is 1. The first-order valence-corrected chi connectivity index (χ1v) is 12.4. The van der Waals surface area contributed by atoms with E-state index in [0.29, 0.717) is 33.0 Å². The van der Waals surface area contributed by atoms with E-state index in [4.69, 9.17) is 16.5 Å². The van der Waals surface area contributed by atoms with Crippen LogP contribution in [-0.4, -0.2) is 16.8 Å². The van der Waals surface area contributed by atoms with Crippen LogP contribution in [0.4, 0.5) is 10.7 Å². The molecule has 2 unspecified atom stereocenters. The highest BCUT2D eigenvalue weighted by Crippen LogP contribution is 2.41. The summed E-state index contributed by atoms with van der Waals surface area (Å²) >= 11 is 2.78. The number of hydrogen-bond donors (Lipinski definition) is 3. The number of amides is 2. The average molecular weight is 455 g/mol. The summed E-state index contributed by atoms with van der Waals surface area (Å²) < 4.78 is 0. The highest BCUT2D eigenvalue weighted by Gasteiger charge is 2.29. The number of nitrogens with one attached hydrogen (secondary N) is 1. The lowest BCUT2D eigenvalue weighted by Crippen LogP contribution is -2.19. The van der Waals surface area contributed by atoms with E-state index in [0.717, 1.165) is 64.9 Å². The Balaban J connectivity index is 1.50. The van der Waals surface area contributed by atoms with Crippen molar-refractivity contribution in [2.45, 2.75) is 52.4 Å². The number of nitrogens with two attached hydrogens (primary N) is 2. The van der Waals surface area contributed by atoms with Crippen molar-refractivity contribution < 1.29 is 9.59 Å². The van der Waals surface area contributed by atoms with Gasteiger partial charge in [0.05, 0.1) is 11.3 Å². The molecule has 3 aromatic rings. The van der Waals surface area contributed by atoms with E-state index in [1.165, 1.54) is 28.2 Å². The summed E-state index contributed by atoms with van der Waals surface area (Å²) in [5.41, 5.74) is 16.4. The van der Waals surface area contributed by atoms with E-state index in [-0.39, 0.29) is 5.91 Å². The van der Waals surface area contributed by atoms with Crippen LogP contribution < -0.4 is 16.8 Å². The molecule has 0 bridgehead atoms. The number of fused-ring (bicyclic) bond motifs is 3. The number of aryl methyl sites for hydroxylation is 1. The summed E-state index contributed by atoms with van der Waals surface area (Å²) in [4.78, 5) is 32.6. The van der Waals surface area contributed by atoms with Gasteiger partial charge in [0.25, 0.3) is 11.8 Å². The smallest absolute Gasteiger partial charge is 0.268 e. The topological polar surface area (TPSA) is 111 Å². The molecule has 3 aromatic heterocycles. The van der Waals surface area contributed by atoms with Crippen molar-refractivity contribution >= 4 is 55.4 Å². The molecule has 0 saturated heterocycles. The quantitative estimate of drug-likeness (QED) is 0.539. The molecule has 5 N–H and O–H groups in total. The number of anilines is 2. The molecule has 31 heavy (non-hydrogen) atoms. The van der Waals surface area contributed by atoms with Gasteiger partial charge >= 0.3 is 0 Å². The van der Waals surface area contributed by atoms with E-state index in [1.54, 1.807) is 0 Å². The minimum absolute atomic E-state index is 0.305. The van der Waals surface area contributed by atoms with E-state index >= 15 is 0 Å². The van der Waals surface area contributed by atoms with Crippen molar-refractivity contribution in [3.05, 3.63) is 38.2 Å². The van der Waals surface area contributed by atoms with Crippen LogP contribution in [0.25, 0.3) is 10.2 Å². The summed E-state index contributed by atoms with van der Waals surface area (Å²) in [7, 11) is 0. The maximum absolute atomic E-state index is 13.2. The number of carbonyl (C=O) groups excluding carboxylic acids is 2. The van der Waals surface area contributed by atoms with Crippen molar-refractivity contribution in [1.29, 1.82) is 0 Å². The molecule has 2 atom stereocenters. The Hall–Kier alpha value is -2.45. The van der Waals surface area contributed by atoms with Crippen molar-refractivity contribution in [1.82, 2.24) is 4.98 Å². The SMILES string of the molecule is CC1CCc2nc3sc(C(=O)Nc4sc5c(c4C(N)=O)CCC(C)C5)c(N)c3cc2C1. The van der Waals surface area contributed by atoms with Gasteiger partial charge in [-0.25, -0.2) is 4.98 Å². The zero-order valence-electron chi connectivity index (χ0n) is 17.7. The molecule has 0 saturated carbocycles. The predicted octanol–water partition coefficient (Wildman–Crippen LogP) is 4.54. The Morgan fingerprint density at radius 1 is 1.13 bits per heavy atom. The normalized spacial score (nSPS) is 20.3. The first kappa shape index (κ1) is 20.5. The van der Waals surface area contributed by atoms with Gasteiger partial charge in [-0.2, -0.15) is 0 Å². The molecular formula is C23H26N4O2S2. The molecule has 0 aromatic carbocycles. The number of aromatic nitrogens is 1. The molecule has 8 heteroatoms. The van der Waals surface area contributed by atoms with Crippen LogP contribution in [-0.2, 0) is 25.7 Å². The number of pyridine rings is 1. The lowest BCUT2D eigenvalue weighted by atomic mass is 9.87. The molecular weight excluding hydrogens is 428 g/mol. The van der Waals surface area contributed by atoms with Gasteiger partial charge in [-0.3, -0.25) is 9.59 Å². The maximum Gasteiger partial charge on any atom is 0.268 e. The number of nitrogen functional groups attached to an aromatic ring is 1. The Morgan fingerprint density at radius 2 is 1.87 bits per heavy atom. The second-order valence-electron chi connectivity index (χ2n) is 9.01. The fraction of sp³-hybridized carbons (Fsp3) is 0.435. The molecule has 2 aliphatic carbocycles. The number of nitrogens with zero attached hydrogens (tertiary/aromatic N) is 1. The highest BCUT2D eigenvalue weighted by molar-refractivity contribution is 7.21. The van der Waals surface area contributed by atoms with Crippen molar-refractivity contribution in [3.8, 4) is 0 Å². The van der Waals surface area contributed by atoms with E-state index in [2.05, 4.69) is 25.2 Å². The number of carbonyl (C=O) groups is 2. The molecule has 5 rings (SSSR count). The fourth-order valence-electron chi connectivity index (χ4n) is 4.80. The Morgan fingerprint density at radius 3 is 2.65 bits per heavy atom. The molecule has 162 valence electrons. The summed E-state index contributed by atoms with van der Waals surface area (Å²) in [5.74, 6) is 0.402.